The fourth-order valence-electron chi connectivity index (χ4n) is 2.91. The van der Waals surface area contributed by atoms with Gasteiger partial charge >= 0.3 is 0 Å². The van der Waals surface area contributed by atoms with Crippen LogP contribution in [0.1, 0.15) is 19.5 Å². The molecule has 144 valence electrons. The molecule has 10 heteroatoms. The first-order valence-electron chi connectivity index (χ1n) is 8.12. The van der Waals surface area contributed by atoms with Crippen LogP contribution >= 0.6 is 12.4 Å². The van der Waals surface area contributed by atoms with Crippen molar-refractivity contribution in [2.45, 2.75) is 26.8 Å². The highest BCUT2D eigenvalue weighted by Crippen LogP contribution is 2.28. The molecule has 0 radical (unpaired) electrons. The van der Waals surface area contributed by atoms with E-state index in [1.165, 1.54) is 18.4 Å². The van der Waals surface area contributed by atoms with Crippen LogP contribution in [-0.4, -0.2) is 63.0 Å². The summed E-state index contributed by atoms with van der Waals surface area (Å²) in [5, 5.41) is 3.03. The Morgan fingerprint density at radius 2 is 1.92 bits per heavy atom. The molecule has 0 spiro atoms. The Morgan fingerprint density at radius 3 is 2.44 bits per heavy atom. The zero-order chi connectivity index (χ0) is 18.1. The summed E-state index contributed by atoms with van der Waals surface area (Å²) in [6, 6.07) is 1.71. The van der Waals surface area contributed by atoms with Crippen molar-refractivity contribution in [1.29, 1.82) is 0 Å². The Morgan fingerprint density at radius 1 is 1.28 bits per heavy atom. The fourth-order valence-corrected chi connectivity index (χ4v) is 3.75. The lowest BCUT2D eigenvalue weighted by Crippen LogP contribution is -2.46. The predicted octanol–water partition coefficient (Wildman–Crippen LogP) is 1.11. The molecule has 0 unspecified atom stereocenters. The van der Waals surface area contributed by atoms with Crippen LogP contribution < -0.4 is 14.9 Å². The highest BCUT2D eigenvalue weighted by Gasteiger charge is 2.38. The smallest absolute Gasteiger partial charge is 0.279 e. The van der Waals surface area contributed by atoms with Crippen LogP contribution in [0.5, 0.6) is 0 Å². The second-order valence-electron chi connectivity index (χ2n) is 6.77. The van der Waals surface area contributed by atoms with E-state index in [1.54, 1.807) is 0 Å². The van der Waals surface area contributed by atoms with Crippen molar-refractivity contribution in [3.05, 3.63) is 11.8 Å². The lowest BCUT2D eigenvalue weighted by atomic mass is 9.92. The number of aryl methyl sites for hydroxylation is 1. The molecule has 0 aromatic carbocycles. The van der Waals surface area contributed by atoms with Gasteiger partial charge in [0, 0.05) is 52.0 Å². The maximum Gasteiger partial charge on any atom is 0.279 e. The van der Waals surface area contributed by atoms with Gasteiger partial charge < -0.3 is 10.2 Å². The Balaban J connectivity index is 0.00000312. The summed E-state index contributed by atoms with van der Waals surface area (Å²) in [7, 11) is 1.41. The van der Waals surface area contributed by atoms with Crippen molar-refractivity contribution in [3.8, 4) is 0 Å². The third-order valence-corrected chi connectivity index (χ3v) is 5.95. The van der Waals surface area contributed by atoms with Gasteiger partial charge in [-0.1, -0.05) is 13.8 Å². The molecule has 1 saturated heterocycles. The van der Waals surface area contributed by atoms with Gasteiger partial charge in [-0.2, -0.15) is 22.4 Å². The molecule has 25 heavy (non-hydrogen) atoms. The van der Waals surface area contributed by atoms with Crippen LogP contribution in [-0.2, 0) is 10.2 Å². The molecule has 0 amide bonds. The largest absolute Gasteiger partial charge is 0.373 e. The van der Waals surface area contributed by atoms with E-state index < -0.39 is 10.2 Å². The lowest BCUT2D eigenvalue weighted by Gasteiger charge is -2.24. The van der Waals surface area contributed by atoms with Crippen LogP contribution in [0.15, 0.2) is 6.07 Å². The molecule has 2 rings (SSSR count). The average Bonchev–Trinajstić information content (AvgIpc) is 2.89. The summed E-state index contributed by atoms with van der Waals surface area (Å²) in [5.74, 6) is 1.94. The molecule has 1 aromatic heterocycles. The van der Waals surface area contributed by atoms with Crippen molar-refractivity contribution in [2.24, 2.45) is 11.8 Å². The van der Waals surface area contributed by atoms with Crippen LogP contribution in [0.2, 0.25) is 0 Å². The van der Waals surface area contributed by atoms with Gasteiger partial charge in [-0.3, -0.25) is 0 Å². The van der Waals surface area contributed by atoms with E-state index >= 15 is 0 Å². The second kappa shape index (κ2) is 8.48. The average molecular weight is 393 g/mol. The third kappa shape index (κ3) is 5.16. The van der Waals surface area contributed by atoms with Gasteiger partial charge in [0.05, 0.1) is 0 Å². The van der Waals surface area contributed by atoms with Crippen LogP contribution in [0.25, 0.3) is 0 Å². The van der Waals surface area contributed by atoms with Gasteiger partial charge in [0.25, 0.3) is 10.2 Å². The van der Waals surface area contributed by atoms with E-state index in [1.807, 2.05) is 20.0 Å². The van der Waals surface area contributed by atoms with E-state index in [0.717, 1.165) is 18.1 Å². The molecule has 2 atom stereocenters. The van der Waals surface area contributed by atoms with Gasteiger partial charge in [-0.15, -0.1) is 12.4 Å². The molecular formula is C15H29ClN6O2S. The van der Waals surface area contributed by atoms with Gasteiger partial charge in [-0.05, 0) is 18.8 Å². The summed E-state index contributed by atoms with van der Waals surface area (Å²) in [5.41, 5.74) is 0.878. The summed E-state index contributed by atoms with van der Waals surface area (Å²) >= 11 is 0. The van der Waals surface area contributed by atoms with Crippen molar-refractivity contribution in [2.75, 3.05) is 44.4 Å². The fraction of sp³-hybridized carbons (Fsp3) is 0.733. The summed E-state index contributed by atoms with van der Waals surface area (Å²) in [6.45, 7) is 7.43. The minimum Gasteiger partial charge on any atom is -0.373 e. The molecule has 0 bridgehead atoms. The van der Waals surface area contributed by atoms with Gasteiger partial charge in [0.15, 0.2) is 0 Å². The Hall–Kier alpha value is -1.16. The van der Waals surface area contributed by atoms with Crippen molar-refractivity contribution in [1.82, 2.24) is 19.0 Å². The van der Waals surface area contributed by atoms with Gasteiger partial charge in [0.2, 0.25) is 5.95 Å². The minimum absolute atomic E-state index is 0. The lowest BCUT2D eigenvalue weighted by molar-refractivity contribution is 0.358. The highest BCUT2D eigenvalue weighted by atomic mass is 35.5. The normalized spacial score (nSPS) is 20.9. The maximum absolute atomic E-state index is 12.2. The van der Waals surface area contributed by atoms with Gasteiger partial charge in [-0.25, -0.2) is 4.98 Å². The first kappa shape index (κ1) is 21.9. The molecule has 0 saturated carbocycles. The highest BCUT2D eigenvalue weighted by molar-refractivity contribution is 7.87. The third-order valence-electron chi connectivity index (χ3n) is 4.38. The Bertz CT molecular complexity index is 683. The second-order valence-corrected chi connectivity index (χ2v) is 8.69. The van der Waals surface area contributed by atoms with E-state index in [-0.39, 0.29) is 24.4 Å². The quantitative estimate of drug-likeness (QED) is 0.753. The number of hydrogen-bond acceptors (Lipinski definition) is 6. The summed E-state index contributed by atoms with van der Waals surface area (Å²) < 4.78 is 28.4. The van der Waals surface area contributed by atoms with Gasteiger partial charge in [0.1, 0.15) is 5.82 Å². The minimum atomic E-state index is -3.47. The van der Waals surface area contributed by atoms with Crippen molar-refractivity contribution >= 4 is 34.4 Å². The molecule has 1 fully saturated rings. The van der Waals surface area contributed by atoms with E-state index in [9.17, 15) is 8.42 Å². The number of hydrogen-bond donors (Lipinski definition) is 2. The molecule has 2 N–H and O–H groups in total. The first-order chi connectivity index (χ1) is 11.1. The Labute approximate surface area is 157 Å². The number of nitrogens with zero attached hydrogens (tertiary/aromatic N) is 4. The van der Waals surface area contributed by atoms with E-state index in [2.05, 4.69) is 38.8 Å². The number of anilines is 2. The molecule has 1 aliphatic rings. The van der Waals surface area contributed by atoms with Crippen LogP contribution in [0.4, 0.5) is 11.8 Å². The molecule has 8 nitrogen and oxygen atoms in total. The monoisotopic (exact) mass is 392 g/mol. The van der Waals surface area contributed by atoms with Crippen LogP contribution in [0, 0.1) is 18.8 Å². The van der Waals surface area contributed by atoms with Crippen LogP contribution in [0.3, 0.4) is 0 Å². The molecule has 1 aromatic rings. The maximum atomic E-state index is 12.2. The van der Waals surface area contributed by atoms with E-state index in [4.69, 9.17) is 0 Å². The topological polar surface area (TPSA) is 90.5 Å². The van der Waals surface area contributed by atoms with E-state index in [0.29, 0.717) is 18.4 Å². The standard InChI is InChI=1S/C15H28N6O2S.ClH/c1-10(2)12-8-21(9-13(12)19-24(22,23)20(5)6)15-17-11(3)7-14(16-4)18-15;/h7,10,12-13,19H,8-9H2,1-6H3,(H,16,17,18);1H/t12-,13+;/m1./s1. The number of aromatic nitrogens is 2. The molecule has 1 aliphatic heterocycles. The Kier molecular flexibility index (Phi) is 7.42. The SMILES string of the molecule is CNc1cc(C)nc(N2C[C@H](NS(=O)(=O)N(C)C)[C@@H](C(C)C)C2)n1.Cl. The predicted molar refractivity (Wildman–Crippen MR) is 104 cm³/mol. The molecular weight excluding hydrogens is 364 g/mol. The van der Waals surface area contributed by atoms with Crippen molar-refractivity contribution in [3.63, 3.8) is 0 Å². The number of rotatable bonds is 6. The number of nitrogens with one attached hydrogen (secondary N) is 2. The number of halogens is 1. The first-order valence-corrected chi connectivity index (χ1v) is 9.56. The van der Waals surface area contributed by atoms with Crippen molar-refractivity contribution < 1.29 is 8.42 Å². The summed E-state index contributed by atoms with van der Waals surface area (Å²) in [4.78, 5) is 11.1. The zero-order valence-electron chi connectivity index (χ0n) is 15.6. The summed E-state index contributed by atoms with van der Waals surface area (Å²) in [6.07, 6.45) is 0. The molecule has 2 heterocycles. The zero-order valence-corrected chi connectivity index (χ0v) is 17.3. The molecule has 0 aliphatic carbocycles.